The second-order valence-corrected chi connectivity index (χ2v) is 19.6. The predicted octanol–water partition coefficient (Wildman–Crippen LogP) is 9.11. The van der Waals surface area contributed by atoms with E-state index in [1.165, 1.54) is 12.1 Å². The molecule has 2 saturated heterocycles. The lowest BCUT2D eigenvalue weighted by Crippen LogP contribution is -2.30. The lowest BCUT2D eigenvalue weighted by molar-refractivity contribution is 0.0696. The van der Waals surface area contributed by atoms with E-state index in [-0.39, 0.29) is 48.5 Å². The summed E-state index contributed by atoms with van der Waals surface area (Å²) in [5.74, 6) is -1.95. The van der Waals surface area contributed by atoms with Gasteiger partial charge in [0.05, 0.1) is 40.1 Å². The van der Waals surface area contributed by atoms with Crippen LogP contribution in [0.3, 0.4) is 0 Å². The number of anilines is 2. The number of fused-ring (bicyclic) bond motifs is 2. The number of hydrogen-bond donors (Lipinski definition) is 6. The number of pyridine rings is 2. The molecule has 3 aromatic carbocycles. The number of amides is 3. The fraction of sp³-hybridized carbons (Fsp3) is 0.382. The number of ether oxygens (including phenoxy) is 2. The second-order valence-electron chi connectivity index (χ2n) is 18.3. The highest BCUT2D eigenvalue weighted by Crippen LogP contribution is 2.33. The minimum Gasteiger partial charge on any atom is -0.478 e. The molecule has 2 aliphatic heterocycles. The van der Waals surface area contributed by atoms with Crippen molar-refractivity contribution in [2.24, 2.45) is 0 Å². The van der Waals surface area contributed by atoms with Crippen LogP contribution in [0.2, 0.25) is 5.02 Å². The molecule has 9 rings (SSSR count). The summed E-state index contributed by atoms with van der Waals surface area (Å²) in [7, 11) is 0. The highest BCUT2D eigenvalue weighted by atomic mass is 79.9. The average molecular weight is 1110 g/mol. The molecule has 20 heteroatoms. The number of carbonyl (C=O) groups is 4. The van der Waals surface area contributed by atoms with Crippen molar-refractivity contribution in [3.63, 3.8) is 0 Å². The standard InChI is InChI=1S/C31H34BrClN6O3.C24H29N5O4/c1-3-27-25(28(37-24-8-10-42-11-9-24)26-18-36-39(4-2)29(26)38-27)17-35-31(41)21-7-5-6-20(14-21)30(40)34-16-19-12-22(32)15-23(33)13-19;1-3-20-18(13-25-23(30)15-6-5-7-16(12-15)24(31)32)21(27-17-8-10-33-11-9-17)19-14-26-29(4-2)22(19)28-20/h5-7,12-15,18,24H,3-4,8-11,16-17H2,1-2H3,(H,34,40)(H,35,41)(H,37,38);5-7,12,14,17H,3-4,8-11,13H2,1-2H3,(H,25,30)(H,27,28)(H,31,32). The van der Waals surface area contributed by atoms with Crippen molar-refractivity contribution in [3.8, 4) is 0 Å². The molecule has 2 aliphatic rings. The Hall–Kier alpha value is -6.93. The van der Waals surface area contributed by atoms with Gasteiger partial charge in [0, 0.05) is 120 Å². The first-order valence-corrected chi connectivity index (χ1v) is 26.7. The number of nitrogens with zero attached hydrogens (tertiary/aromatic N) is 6. The Morgan fingerprint density at radius 2 is 1.05 bits per heavy atom. The van der Waals surface area contributed by atoms with Crippen LogP contribution in [0.25, 0.3) is 22.1 Å². The van der Waals surface area contributed by atoms with Gasteiger partial charge in [-0.3, -0.25) is 14.4 Å². The van der Waals surface area contributed by atoms with Crippen LogP contribution < -0.4 is 26.6 Å². The highest BCUT2D eigenvalue weighted by molar-refractivity contribution is 9.10. The molecule has 0 spiro atoms. The van der Waals surface area contributed by atoms with E-state index in [1.807, 2.05) is 48.6 Å². The van der Waals surface area contributed by atoms with E-state index in [2.05, 4.69) is 59.6 Å². The van der Waals surface area contributed by atoms with Crippen molar-refractivity contribution in [1.82, 2.24) is 45.5 Å². The third-order valence-electron chi connectivity index (χ3n) is 13.3. The highest BCUT2D eigenvalue weighted by Gasteiger charge is 2.25. The summed E-state index contributed by atoms with van der Waals surface area (Å²) >= 11 is 9.54. The number of rotatable bonds is 18. The number of halogens is 2. The second kappa shape index (κ2) is 25.5. The molecule has 0 saturated carbocycles. The molecule has 4 aromatic heterocycles. The minimum absolute atomic E-state index is 0.0776. The number of carboxylic acids is 1. The SMILES string of the molecule is CCc1nc2c(cnn2CC)c(NC2CCOCC2)c1CNC(=O)c1cccc(C(=O)NCc2cc(Cl)cc(Br)c2)c1.CCc1nc2c(cnn2CC)c(NC2CCOCC2)c1CNC(=O)c1cccc(C(=O)O)c1. The predicted molar refractivity (Wildman–Crippen MR) is 293 cm³/mol. The number of carboxylic acid groups (broad SMARTS) is 1. The first-order valence-electron chi connectivity index (χ1n) is 25.5. The van der Waals surface area contributed by atoms with Gasteiger partial charge in [-0.05, 0) is 113 Å². The molecule has 0 bridgehead atoms. The maximum atomic E-state index is 13.3. The minimum atomic E-state index is -1.07. The fourth-order valence-electron chi connectivity index (χ4n) is 9.34. The average Bonchev–Trinajstić information content (AvgIpc) is 4.05. The first-order chi connectivity index (χ1) is 36.4. The van der Waals surface area contributed by atoms with Crippen molar-refractivity contribution in [1.29, 1.82) is 0 Å². The number of benzene rings is 3. The van der Waals surface area contributed by atoms with Gasteiger partial charge in [0.1, 0.15) is 0 Å². The zero-order valence-corrected chi connectivity index (χ0v) is 44.9. The molecule has 3 amide bonds. The summed E-state index contributed by atoms with van der Waals surface area (Å²) in [6.45, 7) is 13.3. The van der Waals surface area contributed by atoms with Crippen molar-refractivity contribution >= 4 is 84.7 Å². The third kappa shape index (κ3) is 13.3. The Labute approximate surface area is 448 Å². The van der Waals surface area contributed by atoms with Crippen molar-refractivity contribution < 1.29 is 33.8 Å². The molecule has 0 radical (unpaired) electrons. The molecule has 2 fully saturated rings. The molecule has 6 heterocycles. The van der Waals surface area contributed by atoms with Crippen molar-refractivity contribution in [2.45, 2.75) is 111 Å². The molecule has 0 unspecified atom stereocenters. The van der Waals surface area contributed by atoms with Gasteiger partial charge >= 0.3 is 5.97 Å². The third-order valence-corrected chi connectivity index (χ3v) is 14.0. The van der Waals surface area contributed by atoms with Crippen molar-refractivity contribution in [3.05, 3.63) is 139 Å². The van der Waals surface area contributed by atoms with E-state index >= 15 is 0 Å². The van der Waals surface area contributed by atoms with E-state index in [1.54, 1.807) is 48.5 Å². The van der Waals surface area contributed by atoms with Crippen molar-refractivity contribution in [2.75, 3.05) is 37.1 Å². The topological polar surface area (TPSA) is 229 Å². The molecular formula is C55H63BrClN11O7. The summed E-state index contributed by atoms with van der Waals surface area (Å²) in [6, 6.07) is 18.7. The van der Waals surface area contributed by atoms with E-state index in [4.69, 9.17) is 31.0 Å². The zero-order chi connectivity index (χ0) is 53.0. The van der Waals surface area contributed by atoms with Crippen LogP contribution in [0.1, 0.15) is 123 Å². The van der Waals surface area contributed by atoms with Crippen LogP contribution in [-0.4, -0.2) is 96.8 Å². The first kappa shape index (κ1) is 54.3. The number of carbonyl (C=O) groups excluding carboxylic acids is 3. The van der Waals surface area contributed by atoms with Gasteiger partial charge in [0.2, 0.25) is 0 Å². The molecule has 6 N–H and O–H groups in total. The van der Waals surface area contributed by atoms with E-state index < -0.39 is 5.97 Å². The number of nitrogens with one attached hydrogen (secondary N) is 5. The van der Waals surface area contributed by atoms with Crippen LogP contribution in [0, 0.1) is 0 Å². The van der Waals surface area contributed by atoms with Crippen LogP contribution in [0.15, 0.2) is 83.6 Å². The van der Waals surface area contributed by atoms with E-state index in [0.717, 1.165) is 91.7 Å². The fourth-order valence-corrected chi connectivity index (χ4v) is 10.3. The Balaban J connectivity index is 0.000000205. The van der Waals surface area contributed by atoms with Gasteiger partial charge < -0.3 is 41.2 Å². The molecule has 75 heavy (non-hydrogen) atoms. The number of aromatic nitrogens is 6. The van der Waals surface area contributed by atoms with Gasteiger partial charge in [-0.1, -0.05) is 53.5 Å². The Morgan fingerprint density at radius 1 is 0.627 bits per heavy atom. The zero-order valence-electron chi connectivity index (χ0n) is 42.6. The monoisotopic (exact) mass is 1100 g/mol. The summed E-state index contributed by atoms with van der Waals surface area (Å²) in [6.07, 6.45) is 8.70. The summed E-state index contributed by atoms with van der Waals surface area (Å²) < 4.78 is 15.7. The Kier molecular flexibility index (Phi) is 18.5. The quantitative estimate of drug-likeness (QED) is 0.0472. The smallest absolute Gasteiger partial charge is 0.335 e. The lowest BCUT2D eigenvalue weighted by Gasteiger charge is -2.26. The lowest BCUT2D eigenvalue weighted by atomic mass is 10.0. The summed E-state index contributed by atoms with van der Waals surface area (Å²) in [5, 5.41) is 37.1. The van der Waals surface area contributed by atoms with Gasteiger partial charge in [-0.2, -0.15) is 10.2 Å². The molecular weight excluding hydrogens is 1040 g/mol. The van der Waals surface area contributed by atoms with E-state index in [9.17, 15) is 24.3 Å². The summed E-state index contributed by atoms with van der Waals surface area (Å²) in [5.41, 5.74) is 9.30. The number of hydrogen-bond acceptors (Lipinski definition) is 12. The molecule has 7 aromatic rings. The van der Waals surface area contributed by atoms with Gasteiger partial charge in [-0.25, -0.2) is 24.1 Å². The maximum Gasteiger partial charge on any atom is 0.335 e. The van der Waals surface area contributed by atoms with Gasteiger partial charge in [0.15, 0.2) is 11.3 Å². The Morgan fingerprint density at radius 3 is 1.47 bits per heavy atom. The normalized spacial score (nSPS) is 14.0. The summed E-state index contributed by atoms with van der Waals surface area (Å²) in [4.78, 5) is 60.1. The number of aromatic carboxylic acids is 1. The van der Waals surface area contributed by atoms with Crippen LogP contribution in [-0.2, 0) is 55.0 Å². The van der Waals surface area contributed by atoms with Gasteiger partial charge in [0.25, 0.3) is 17.7 Å². The largest absolute Gasteiger partial charge is 0.478 e. The van der Waals surface area contributed by atoms with E-state index in [0.29, 0.717) is 80.6 Å². The van der Waals surface area contributed by atoms with Crippen LogP contribution in [0.5, 0.6) is 0 Å². The molecule has 0 aliphatic carbocycles. The van der Waals surface area contributed by atoms with Crippen LogP contribution >= 0.6 is 27.5 Å². The Bertz CT molecular complexity index is 3170. The molecule has 394 valence electrons. The maximum absolute atomic E-state index is 13.3. The van der Waals surface area contributed by atoms with Gasteiger partial charge in [-0.15, -0.1) is 0 Å². The molecule has 0 atom stereocenters. The van der Waals surface area contributed by atoms with Crippen LogP contribution in [0.4, 0.5) is 11.4 Å². The molecule has 18 nitrogen and oxygen atoms in total. The number of aryl methyl sites for hydroxylation is 4.